The third-order valence-electron chi connectivity index (χ3n) is 5.83. The number of halogens is 4. The quantitative estimate of drug-likeness (QED) is 0.477. The SMILES string of the molecule is CC1CN(S(=O)(=O)c2cc(C(=O)Nc3cc(F)c(F)c(F)c3)ccc2F)CCCC1CCO. The van der Waals surface area contributed by atoms with Gasteiger partial charge in [-0.05, 0) is 49.3 Å². The van der Waals surface area contributed by atoms with Crippen molar-refractivity contribution in [3.63, 3.8) is 0 Å². The molecule has 2 unspecified atom stereocenters. The van der Waals surface area contributed by atoms with E-state index in [0.717, 1.165) is 24.6 Å². The summed E-state index contributed by atoms with van der Waals surface area (Å²) in [5, 5.41) is 11.4. The highest BCUT2D eigenvalue weighted by Crippen LogP contribution is 2.30. The van der Waals surface area contributed by atoms with Crippen LogP contribution in [-0.2, 0) is 10.0 Å². The topological polar surface area (TPSA) is 86.7 Å². The Labute approximate surface area is 189 Å². The van der Waals surface area contributed by atoms with Crippen LogP contribution < -0.4 is 5.32 Å². The van der Waals surface area contributed by atoms with Crippen LogP contribution in [0.15, 0.2) is 35.2 Å². The van der Waals surface area contributed by atoms with Gasteiger partial charge >= 0.3 is 0 Å². The maximum absolute atomic E-state index is 14.5. The molecule has 6 nitrogen and oxygen atoms in total. The number of benzene rings is 2. The van der Waals surface area contributed by atoms with E-state index in [1.807, 2.05) is 6.92 Å². The van der Waals surface area contributed by atoms with Crippen molar-refractivity contribution in [2.75, 3.05) is 25.0 Å². The van der Waals surface area contributed by atoms with Crippen LogP contribution in [0.2, 0.25) is 0 Å². The molecule has 1 aliphatic heterocycles. The van der Waals surface area contributed by atoms with E-state index in [0.29, 0.717) is 25.0 Å². The van der Waals surface area contributed by atoms with Crippen molar-refractivity contribution in [3.05, 3.63) is 59.2 Å². The molecule has 2 aromatic carbocycles. The second-order valence-corrected chi connectivity index (χ2v) is 10.0. The van der Waals surface area contributed by atoms with E-state index >= 15 is 0 Å². The first-order valence-corrected chi connectivity index (χ1v) is 11.8. The zero-order valence-corrected chi connectivity index (χ0v) is 18.6. The zero-order valence-electron chi connectivity index (χ0n) is 17.8. The number of anilines is 1. The van der Waals surface area contributed by atoms with E-state index in [4.69, 9.17) is 0 Å². The Morgan fingerprint density at radius 1 is 1.12 bits per heavy atom. The van der Waals surface area contributed by atoms with E-state index in [1.54, 1.807) is 0 Å². The molecule has 1 aliphatic rings. The molecule has 0 spiro atoms. The van der Waals surface area contributed by atoms with Crippen LogP contribution in [0, 0.1) is 35.1 Å². The smallest absolute Gasteiger partial charge is 0.255 e. The monoisotopic (exact) mass is 488 g/mol. The maximum atomic E-state index is 14.5. The summed E-state index contributed by atoms with van der Waals surface area (Å²) in [6.07, 6.45) is 1.81. The van der Waals surface area contributed by atoms with E-state index in [1.165, 1.54) is 4.31 Å². The molecule has 33 heavy (non-hydrogen) atoms. The van der Waals surface area contributed by atoms with Crippen molar-refractivity contribution < 1.29 is 35.9 Å². The number of hydrogen-bond donors (Lipinski definition) is 2. The summed E-state index contributed by atoms with van der Waals surface area (Å²) < 4.78 is 82.0. The average Bonchev–Trinajstić information content (AvgIpc) is 2.94. The maximum Gasteiger partial charge on any atom is 0.255 e. The molecule has 2 N–H and O–H groups in total. The average molecular weight is 489 g/mol. The van der Waals surface area contributed by atoms with E-state index < -0.39 is 44.1 Å². The van der Waals surface area contributed by atoms with Gasteiger partial charge in [0.1, 0.15) is 10.7 Å². The van der Waals surface area contributed by atoms with Gasteiger partial charge in [-0.25, -0.2) is 26.0 Å². The van der Waals surface area contributed by atoms with E-state index in [2.05, 4.69) is 5.32 Å². The molecule has 2 atom stereocenters. The summed E-state index contributed by atoms with van der Waals surface area (Å²) in [5.74, 6) is -6.65. The van der Waals surface area contributed by atoms with Crippen LogP contribution in [0.25, 0.3) is 0 Å². The summed E-state index contributed by atoms with van der Waals surface area (Å²) in [5.41, 5.74) is -0.650. The van der Waals surface area contributed by atoms with Crippen LogP contribution in [-0.4, -0.2) is 43.4 Å². The molecule has 1 saturated heterocycles. The summed E-state index contributed by atoms with van der Waals surface area (Å²) in [7, 11) is -4.29. The van der Waals surface area contributed by atoms with Gasteiger partial charge in [0.15, 0.2) is 17.5 Å². The van der Waals surface area contributed by atoms with E-state index in [-0.39, 0.29) is 42.8 Å². The lowest BCUT2D eigenvalue weighted by Crippen LogP contribution is -2.35. The molecule has 0 saturated carbocycles. The predicted molar refractivity (Wildman–Crippen MR) is 113 cm³/mol. The molecule has 2 aromatic rings. The zero-order chi connectivity index (χ0) is 24.3. The van der Waals surface area contributed by atoms with Crippen LogP contribution >= 0.6 is 0 Å². The van der Waals surface area contributed by atoms with Crippen molar-refractivity contribution in [1.82, 2.24) is 4.31 Å². The number of aliphatic hydroxyl groups excluding tert-OH is 1. The van der Waals surface area contributed by atoms with Gasteiger partial charge in [0, 0.05) is 43.1 Å². The number of amides is 1. The van der Waals surface area contributed by atoms with Crippen LogP contribution in [0.5, 0.6) is 0 Å². The van der Waals surface area contributed by atoms with Crippen molar-refractivity contribution in [1.29, 1.82) is 0 Å². The number of nitrogens with one attached hydrogen (secondary N) is 1. The number of nitrogens with zero attached hydrogens (tertiary/aromatic N) is 1. The lowest BCUT2D eigenvalue weighted by Gasteiger charge is -2.25. The fraction of sp³-hybridized carbons (Fsp3) is 0.409. The van der Waals surface area contributed by atoms with Gasteiger partial charge in [0.2, 0.25) is 10.0 Å². The second kappa shape index (κ2) is 10.2. The van der Waals surface area contributed by atoms with Crippen molar-refractivity contribution in [2.24, 2.45) is 11.8 Å². The summed E-state index contributed by atoms with van der Waals surface area (Å²) in [6.45, 7) is 2.17. The van der Waals surface area contributed by atoms with Gasteiger partial charge in [-0.1, -0.05) is 6.92 Å². The van der Waals surface area contributed by atoms with Crippen molar-refractivity contribution in [3.8, 4) is 0 Å². The molecule has 0 aliphatic carbocycles. The second-order valence-electron chi connectivity index (χ2n) is 8.11. The fourth-order valence-corrected chi connectivity index (χ4v) is 5.67. The number of rotatable bonds is 6. The molecule has 3 rings (SSSR count). The summed E-state index contributed by atoms with van der Waals surface area (Å²) in [6, 6.07) is 3.85. The van der Waals surface area contributed by atoms with Gasteiger partial charge in [-0.2, -0.15) is 4.31 Å². The van der Waals surface area contributed by atoms with Crippen LogP contribution in [0.3, 0.4) is 0 Å². The largest absolute Gasteiger partial charge is 0.396 e. The fourth-order valence-electron chi connectivity index (χ4n) is 4.00. The number of hydrogen-bond acceptors (Lipinski definition) is 4. The van der Waals surface area contributed by atoms with Crippen LogP contribution in [0.1, 0.15) is 36.5 Å². The normalized spacial score (nSPS) is 19.8. The first kappa shape index (κ1) is 25.1. The minimum atomic E-state index is -4.29. The Balaban J connectivity index is 1.86. The van der Waals surface area contributed by atoms with Gasteiger partial charge in [-0.15, -0.1) is 0 Å². The van der Waals surface area contributed by atoms with Gasteiger partial charge in [-0.3, -0.25) is 4.79 Å². The molecule has 1 amide bonds. The minimum Gasteiger partial charge on any atom is -0.396 e. The molecule has 0 bridgehead atoms. The third kappa shape index (κ3) is 5.53. The van der Waals surface area contributed by atoms with Gasteiger partial charge in [0.05, 0.1) is 0 Å². The highest BCUT2D eigenvalue weighted by molar-refractivity contribution is 7.89. The standard InChI is InChI=1S/C22H24F4N2O4S/c1-13-12-28(7-2-3-14(13)6-8-29)33(31,32)20-9-15(4-5-17(20)23)22(30)27-16-10-18(24)21(26)19(25)11-16/h4-5,9-11,13-14,29H,2-3,6-8,12H2,1H3,(H,27,30). The summed E-state index contributed by atoms with van der Waals surface area (Å²) in [4.78, 5) is 11.8. The Morgan fingerprint density at radius 2 is 1.79 bits per heavy atom. The molecule has 180 valence electrons. The number of carbonyl (C=O) groups excluding carboxylic acids is 1. The van der Waals surface area contributed by atoms with Crippen LogP contribution in [0.4, 0.5) is 23.2 Å². The third-order valence-corrected chi connectivity index (χ3v) is 7.71. The Kier molecular flexibility index (Phi) is 7.76. The molecule has 11 heteroatoms. The Morgan fingerprint density at radius 3 is 2.42 bits per heavy atom. The van der Waals surface area contributed by atoms with Gasteiger partial charge < -0.3 is 10.4 Å². The number of aliphatic hydroxyl groups is 1. The van der Waals surface area contributed by atoms with Gasteiger partial charge in [0.25, 0.3) is 5.91 Å². The molecular weight excluding hydrogens is 464 g/mol. The van der Waals surface area contributed by atoms with E-state index in [9.17, 15) is 35.9 Å². The number of sulfonamides is 1. The molecule has 0 aromatic heterocycles. The number of carbonyl (C=O) groups is 1. The molecule has 1 fully saturated rings. The first-order valence-electron chi connectivity index (χ1n) is 10.4. The lowest BCUT2D eigenvalue weighted by atomic mass is 9.88. The highest BCUT2D eigenvalue weighted by Gasteiger charge is 2.33. The lowest BCUT2D eigenvalue weighted by molar-refractivity contribution is 0.102. The highest BCUT2D eigenvalue weighted by atomic mass is 32.2. The van der Waals surface area contributed by atoms with Crippen molar-refractivity contribution >= 4 is 21.6 Å². The summed E-state index contributed by atoms with van der Waals surface area (Å²) >= 11 is 0. The Bertz CT molecular complexity index is 1120. The first-order chi connectivity index (χ1) is 15.5. The molecule has 0 radical (unpaired) electrons. The Hall–Kier alpha value is -2.50. The predicted octanol–water partition coefficient (Wildman–Crippen LogP) is 3.91. The minimum absolute atomic E-state index is 0.00457. The van der Waals surface area contributed by atoms with Crippen molar-refractivity contribution in [2.45, 2.75) is 31.1 Å². The molecular formula is C22H24F4N2O4S. The molecule has 1 heterocycles.